The van der Waals surface area contributed by atoms with Crippen molar-refractivity contribution in [3.05, 3.63) is 146 Å². The van der Waals surface area contributed by atoms with Crippen LogP contribution in [0.1, 0.15) is 0 Å². The Morgan fingerprint density at radius 3 is 1.60 bits per heavy atom. The maximum atomic E-state index is 5.57. The van der Waals surface area contributed by atoms with E-state index in [-0.39, 0.29) is 0 Å². The molecule has 0 bridgehead atoms. The Balaban J connectivity index is 1.54. The fourth-order valence-electron chi connectivity index (χ4n) is 6.86. The van der Waals surface area contributed by atoms with Crippen molar-refractivity contribution in [2.45, 2.75) is 0 Å². The van der Waals surface area contributed by atoms with E-state index in [9.17, 15) is 0 Å². The van der Waals surface area contributed by atoms with Crippen LogP contribution in [0.25, 0.3) is 87.1 Å². The van der Waals surface area contributed by atoms with Crippen molar-refractivity contribution in [1.82, 2.24) is 9.97 Å². The molecule has 0 amide bonds. The van der Waals surface area contributed by atoms with E-state index in [0.717, 1.165) is 16.8 Å². The molecule has 0 unspecified atom stereocenters. The van der Waals surface area contributed by atoms with E-state index in [1.165, 1.54) is 70.4 Å². The number of hydrogen-bond donors (Lipinski definition) is 0. The molecule has 0 saturated carbocycles. The summed E-state index contributed by atoms with van der Waals surface area (Å²) in [5.74, 6) is 0. The van der Waals surface area contributed by atoms with Crippen LogP contribution < -0.4 is 0 Å². The predicted molar refractivity (Wildman–Crippen MR) is 178 cm³/mol. The first-order chi connectivity index (χ1) is 20.8. The van der Waals surface area contributed by atoms with Crippen LogP contribution >= 0.6 is 0 Å². The smallest absolute Gasteiger partial charge is 0.0806 e. The fourth-order valence-corrected chi connectivity index (χ4v) is 6.86. The lowest BCUT2D eigenvalue weighted by Crippen LogP contribution is -1.95. The SMILES string of the molecule is c1ccc2cc3c(cc2c1)nc(-c1c2ccccc2c(-c2ccncc2)c2ccccc12)c1c2ccccc2ccc31. The van der Waals surface area contributed by atoms with Gasteiger partial charge in [0, 0.05) is 28.7 Å². The van der Waals surface area contributed by atoms with Crippen molar-refractivity contribution in [2.24, 2.45) is 0 Å². The molecule has 9 aromatic rings. The third kappa shape index (κ3) is 3.33. The molecule has 42 heavy (non-hydrogen) atoms. The average molecular weight is 533 g/mol. The number of rotatable bonds is 2. The van der Waals surface area contributed by atoms with E-state index in [1.54, 1.807) is 0 Å². The van der Waals surface area contributed by atoms with Gasteiger partial charge < -0.3 is 0 Å². The van der Waals surface area contributed by atoms with Crippen LogP contribution in [0.2, 0.25) is 0 Å². The van der Waals surface area contributed by atoms with Gasteiger partial charge in [0.05, 0.1) is 11.2 Å². The van der Waals surface area contributed by atoms with Gasteiger partial charge in [-0.1, -0.05) is 109 Å². The number of fused-ring (bicyclic) bond motifs is 8. The van der Waals surface area contributed by atoms with Gasteiger partial charge in [-0.25, -0.2) is 4.98 Å². The van der Waals surface area contributed by atoms with Gasteiger partial charge in [0.25, 0.3) is 0 Å². The summed E-state index contributed by atoms with van der Waals surface area (Å²) in [7, 11) is 0. The quantitative estimate of drug-likeness (QED) is 0.163. The molecule has 2 heterocycles. The van der Waals surface area contributed by atoms with Gasteiger partial charge in [-0.05, 0) is 83.9 Å². The molecular weight excluding hydrogens is 508 g/mol. The molecule has 0 N–H and O–H groups in total. The zero-order valence-corrected chi connectivity index (χ0v) is 22.8. The maximum absolute atomic E-state index is 5.57. The third-order valence-corrected chi connectivity index (χ3v) is 8.69. The summed E-state index contributed by atoms with van der Waals surface area (Å²) in [6, 6.07) is 48.1. The lowest BCUT2D eigenvalue weighted by molar-refractivity contribution is 1.33. The van der Waals surface area contributed by atoms with Gasteiger partial charge in [-0.2, -0.15) is 0 Å². The first-order valence-electron chi connectivity index (χ1n) is 14.3. The number of benzene rings is 7. The number of nitrogens with zero attached hydrogens (tertiary/aromatic N) is 2. The normalized spacial score (nSPS) is 11.8. The summed E-state index contributed by atoms with van der Waals surface area (Å²) in [5.41, 5.74) is 5.61. The molecular formula is C40H24N2. The highest BCUT2D eigenvalue weighted by atomic mass is 14.7. The number of aromatic nitrogens is 2. The Kier molecular flexibility index (Phi) is 4.93. The number of hydrogen-bond acceptors (Lipinski definition) is 2. The topological polar surface area (TPSA) is 25.8 Å². The molecule has 7 aromatic carbocycles. The molecule has 0 aliphatic carbocycles. The van der Waals surface area contributed by atoms with Crippen molar-refractivity contribution >= 4 is 64.8 Å². The summed E-state index contributed by atoms with van der Waals surface area (Å²) in [6.07, 6.45) is 3.75. The Morgan fingerprint density at radius 1 is 0.381 bits per heavy atom. The van der Waals surface area contributed by atoms with Gasteiger partial charge in [0.15, 0.2) is 0 Å². The Hall–Kier alpha value is -5.60. The molecule has 0 atom stereocenters. The molecule has 0 spiro atoms. The lowest BCUT2D eigenvalue weighted by Gasteiger charge is -2.19. The molecule has 194 valence electrons. The molecule has 2 heteroatoms. The molecule has 0 radical (unpaired) electrons. The molecule has 0 saturated heterocycles. The van der Waals surface area contributed by atoms with Crippen molar-refractivity contribution in [3.63, 3.8) is 0 Å². The lowest BCUT2D eigenvalue weighted by atomic mass is 9.85. The first kappa shape index (κ1) is 23.1. The summed E-state index contributed by atoms with van der Waals surface area (Å²) < 4.78 is 0. The zero-order chi connectivity index (χ0) is 27.6. The van der Waals surface area contributed by atoms with Crippen molar-refractivity contribution in [2.75, 3.05) is 0 Å². The minimum absolute atomic E-state index is 1.01. The largest absolute Gasteiger partial charge is 0.265 e. The highest BCUT2D eigenvalue weighted by molar-refractivity contribution is 6.28. The van der Waals surface area contributed by atoms with Crippen LogP contribution in [0, 0.1) is 0 Å². The standard InChI is InChI=1S/C40H24N2/c1-2-11-28-24-36-35(23-27(28)10-1)34-18-17-25-9-3-4-12-29(25)38(34)40(42-36)39-32-15-7-5-13-30(32)37(26-19-21-41-22-20-26)31-14-6-8-16-33(31)39/h1-24H. The van der Waals surface area contributed by atoms with Gasteiger partial charge in [0.1, 0.15) is 0 Å². The van der Waals surface area contributed by atoms with E-state index < -0.39 is 0 Å². The summed E-state index contributed by atoms with van der Waals surface area (Å²) in [5, 5.41) is 13.3. The second-order valence-electron chi connectivity index (χ2n) is 11.0. The molecule has 2 aromatic heterocycles. The van der Waals surface area contributed by atoms with Crippen LogP contribution in [-0.4, -0.2) is 9.97 Å². The van der Waals surface area contributed by atoms with Crippen LogP contribution in [0.4, 0.5) is 0 Å². The molecule has 0 aliphatic heterocycles. The van der Waals surface area contributed by atoms with E-state index in [0.29, 0.717) is 0 Å². The van der Waals surface area contributed by atoms with Crippen molar-refractivity contribution < 1.29 is 0 Å². The second kappa shape index (κ2) is 8.95. The third-order valence-electron chi connectivity index (χ3n) is 8.69. The van der Waals surface area contributed by atoms with Crippen LogP contribution in [0.5, 0.6) is 0 Å². The summed E-state index contributed by atoms with van der Waals surface area (Å²) >= 11 is 0. The Morgan fingerprint density at radius 2 is 0.929 bits per heavy atom. The monoisotopic (exact) mass is 532 g/mol. The molecule has 0 aliphatic rings. The van der Waals surface area contributed by atoms with Crippen LogP contribution in [0.3, 0.4) is 0 Å². The Labute approximate surface area is 242 Å². The first-order valence-corrected chi connectivity index (χ1v) is 14.3. The zero-order valence-electron chi connectivity index (χ0n) is 22.8. The van der Waals surface area contributed by atoms with Gasteiger partial charge in [-0.15, -0.1) is 0 Å². The predicted octanol–water partition coefficient (Wildman–Crippen LogP) is 10.7. The highest BCUT2D eigenvalue weighted by Crippen LogP contribution is 2.46. The van der Waals surface area contributed by atoms with E-state index in [4.69, 9.17) is 4.98 Å². The van der Waals surface area contributed by atoms with Gasteiger partial charge >= 0.3 is 0 Å². The van der Waals surface area contributed by atoms with Crippen LogP contribution in [0.15, 0.2) is 146 Å². The summed E-state index contributed by atoms with van der Waals surface area (Å²) in [4.78, 5) is 9.87. The molecule has 9 rings (SSSR count). The van der Waals surface area contributed by atoms with Crippen LogP contribution in [-0.2, 0) is 0 Å². The van der Waals surface area contributed by atoms with Gasteiger partial charge in [-0.3, -0.25) is 4.98 Å². The van der Waals surface area contributed by atoms with Gasteiger partial charge in [0.2, 0.25) is 0 Å². The maximum Gasteiger partial charge on any atom is 0.0806 e. The van der Waals surface area contributed by atoms with E-state index in [1.807, 2.05) is 12.4 Å². The average Bonchev–Trinajstić information content (AvgIpc) is 3.06. The highest BCUT2D eigenvalue weighted by Gasteiger charge is 2.21. The number of pyridine rings is 2. The minimum atomic E-state index is 1.01. The molecule has 2 nitrogen and oxygen atoms in total. The Bertz CT molecular complexity index is 2460. The minimum Gasteiger partial charge on any atom is -0.265 e. The fraction of sp³-hybridized carbons (Fsp3) is 0. The second-order valence-corrected chi connectivity index (χ2v) is 11.0. The molecule has 0 fully saturated rings. The summed E-state index contributed by atoms with van der Waals surface area (Å²) in [6.45, 7) is 0. The van der Waals surface area contributed by atoms with E-state index in [2.05, 4.69) is 138 Å². The van der Waals surface area contributed by atoms with Crippen molar-refractivity contribution in [3.8, 4) is 22.4 Å². The van der Waals surface area contributed by atoms with Crippen molar-refractivity contribution in [1.29, 1.82) is 0 Å². The van der Waals surface area contributed by atoms with E-state index >= 15 is 0 Å².